The van der Waals surface area contributed by atoms with Gasteiger partial charge in [-0.05, 0) is 25.1 Å². The van der Waals surface area contributed by atoms with E-state index in [1.165, 1.54) is 18.3 Å². The average Bonchev–Trinajstić information content (AvgIpc) is 2.41. The molecule has 0 radical (unpaired) electrons. The molecule has 1 aromatic carbocycles. The van der Waals surface area contributed by atoms with Crippen molar-refractivity contribution in [2.45, 2.75) is 6.92 Å². The summed E-state index contributed by atoms with van der Waals surface area (Å²) in [5, 5.41) is 13.4. The van der Waals surface area contributed by atoms with Crippen LogP contribution in [0.3, 0.4) is 0 Å². The molecule has 2 aromatic rings. The van der Waals surface area contributed by atoms with E-state index in [1.807, 2.05) is 6.92 Å². The van der Waals surface area contributed by atoms with Gasteiger partial charge in [-0.3, -0.25) is 19.9 Å². The number of nitrogens with zero attached hydrogens (tertiary/aromatic N) is 2. The topological polar surface area (TPSA) is 85.1 Å². The third-order valence-corrected chi connectivity index (χ3v) is 2.90. The lowest BCUT2D eigenvalue weighted by Crippen LogP contribution is -2.13. The molecule has 0 atom stereocenters. The molecule has 20 heavy (non-hydrogen) atoms. The summed E-state index contributed by atoms with van der Waals surface area (Å²) in [7, 11) is 0. The first-order valence-corrected chi connectivity index (χ1v) is 6.03. The van der Waals surface area contributed by atoms with E-state index in [1.54, 1.807) is 12.1 Å². The first kappa shape index (κ1) is 14.0. The van der Waals surface area contributed by atoms with Crippen LogP contribution < -0.4 is 5.32 Å². The molecule has 1 amide bonds. The fraction of sp³-hybridized carbons (Fsp3) is 0.0769. The van der Waals surface area contributed by atoms with Crippen LogP contribution in [0.15, 0.2) is 36.5 Å². The van der Waals surface area contributed by atoms with Crippen molar-refractivity contribution in [2.75, 3.05) is 5.32 Å². The van der Waals surface area contributed by atoms with Crippen molar-refractivity contribution in [3.05, 3.63) is 62.9 Å². The zero-order valence-corrected chi connectivity index (χ0v) is 11.2. The predicted octanol–water partition coefficient (Wildman–Crippen LogP) is 3.20. The number of aromatic nitrogens is 1. The molecule has 7 heteroatoms. The Morgan fingerprint density at radius 1 is 1.35 bits per heavy atom. The van der Waals surface area contributed by atoms with Gasteiger partial charge < -0.3 is 5.32 Å². The molecule has 6 nitrogen and oxygen atoms in total. The summed E-state index contributed by atoms with van der Waals surface area (Å²) in [6, 6.07) is 7.13. The van der Waals surface area contributed by atoms with Gasteiger partial charge in [0.1, 0.15) is 0 Å². The lowest BCUT2D eigenvalue weighted by molar-refractivity contribution is -0.384. The summed E-state index contributed by atoms with van der Waals surface area (Å²) >= 11 is 5.89. The highest BCUT2D eigenvalue weighted by molar-refractivity contribution is 6.34. The number of carbonyl (C=O) groups is 1. The van der Waals surface area contributed by atoms with Crippen LogP contribution in [-0.2, 0) is 0 Å². The SMILES string of the molecule is Cc1ccc(NC(=O)c2cc([N+](=O)[O-])ccc2Cl)cn1. The number of halogens is 1. The van der Waals surface area contributed by atoms with E-state index in [0.717, 1.165) is 11.8 Å². The minimum absolute atomic E-state index is 0.0430. The van der Waals surface area contributed by atoms with Gasteiger partial charge in [0.15, 0.2) is 0 Å². The largest absolute Gasteiger partial charge is 0.321 e. The Labute approximate surface area is 119 Å². The first-order valence-electron chi connectivity index (χ1n) is 5.65. The normalized spacial score (nSPS) is 10.1. The third-order valence-electron chi connectivity index (χ3n) is 2.57. The van der Waals surface area contributed by atoms with E-state index < -0.39 is 10.8 Å². The fourth-order valence-corrected chi connectivity index (χ4v) is 1.74. The van der Waals surface area contributed by atoms with Crippen molar-refractivity contribution in [1.82, 2.24) is 4.98 Å². The summed E-state index contributed by atoms with van der Waals surface area (Å²) in [5.41, 5.74) is 1.16. The molecule has 1 heterocycles. The van der Waals surface area contributed by atoms with Gasteiger partial charge in [0.05, 0.1) is 27.4 Å². The maximum atomic E-state index is 12.0. The molecule has 1 N–H and O–H groups in total. The van der Waals surface area contributed by atoms with Gasteiger partial charge in [-0.2, -0.15) is 0 Å². The number of amides is 1. The minimum atomic E-state index is -0.583. The number of benzene rings is 1. The number of carbonyl (C=O) groups excluding carboxylic acids is 1. The first-order chi connectivity index (χ1) is 9.47. The van der Waals surface area contributed by atoms with Crippen LogP contribution >= 0.6 is 11.6 Å². The second-order valence-corrected chi connectivity index (χ2v) is 4.47. The number of nitro groups is 1. The van der Waals surface area contributed by atoms with Crippen molar-refractivity contribution in [2.24, 2.45) is 0 Å². The molecule has 0 aliphatic carbocycles. The lowest BCUT2D eigenvalue weighted by atomic mass is 10.2. The van der Waals surface area contributed by atoms with Crippen LogP contribution in [-0.4, -0.2) is 15.8 Å². The van der Waals surface area contributed by atoms with Crippen molar-refractivity contribution < 1.29 is 9.72 Å². The molecule has 1 aromatic heterocycles. The number of anilines is 1. The molecule has 2 rings (SSSR count). The predicted molar refractivity (Wildman–Crippen MR) is 75.0 cm³/mol. The van der Waals surface area contributed by atoms with Crippen LogP contribution in [0.4, 0.5) is 11.4 Å². The van der Waals surface area contributed by atoms with Crippen molar-refractivity contribution in [3.63, 3.8) is 0 Å². The minimum Gasteiger partial charge on any atom is -0.321 e. The Kier molecular flexibility index (Phi) is 3.95. The van der Waals surface area contributed by atoms with Crippen LogP contribution in [0.1, 0.15) is 16.1 Å². The summed E-state index contributed by atoms with van der Waals surface area (Å²) in [6.07, 6.45) is 1.50. The van der Waals surface area contributed by atoms with Crippen LogP contribution in [0.2, 0.25) is 5.02 Å². The van der Waals surface area contributed by atoms with Gasteiger partial charge in [0.25, 0.3) is 11.6 Å². The number of nitro benzene ring substituents is 1. The number of non-ortho nitro benzene ring substituents is 1. The Morgan fingerprint density at radius 3 is 2.70 bits per heavy atom. The third kappa shape index (κ3) is 3.10. The van der Waals surface area contributed by atoms with Crippen molar-refractivity contribution in [1.29, 1.82) is 0 Å². The Morgan fingerprint density at radius 2 is 2.10 bits per heavy atom. The summed E-state index contributed by atoms with van der Waals surface area (Å²) < 4.78 is 0. The van der Waals surface area contributed by atoms with Crippen LogP contribution in [0.5, 0.6) is 0 Å². The smallest absolute Gasteiger partial charge is 0.270 e. The number of rotatable bonds is 3. The number of hydrogen-bond donors (Lipinski definition) is 1. The van der Waals surface area contributed by atoms with Gasteiger partial charge >= 0.3 is 0 Å². The Balaban J connectivity index is 2.26. The standard InChI is InChI=1S/C13H10ClN3O3/c1-8-2-3-9(7-15-8)16-13(18)11-6-10(17(19)20)4-5-12(11)14/h2-7H,1H3,(H,16,18). The molecular formula is C13H10ClN3O3. The van der Waals surface area contributed by atoms with Crippen molar-refractivity contribution >= 4 is 28.9 Å². The second-order valence-electron chi connectivity index (χ2n) is 4.06. The maximum Gasteiger partial charge on any atom is 0.270 e. The molecule has 0 bridgehead atoms. The van der Waals surface area contributed by atoms with E-state index >= 15 is 0 Å². The summed E-state index contributed by atoms with van der Waals surface area (Å²) in [4.78, 5) is 26.2. The van der Waals surface area contributed by atoms with Gasteiger partial charge in [-0.25, -0.2) is 0 Å². The zero-order valence-electron chi connectivity index (χ0n) is 10.5. The Hall–Kier alpha value is -2.47. The second kappa shape index (κ2) is 5.66. The highest BCUT2D eigenvalue weighted by Crippen LogP contribution is 2.23. The molecule has 0 saturated carbocycles. The highest BCUT2D eigenvalue weighted by Gasteiger charge is 2.16. The summed E-state index contributed by atoms with van der Waals surface area (Å²) in [5.74, 6) is -0.524. The van der Waals surface area contributed by atoms with Gasteiger partial charge in [0, 0.05) is 17.8 Å². The maximum absolute atomic E-state index is 12.0. The molecule has 0 aliphatic heterocycles. The van der Waals surface area contributed by atoms with E-state index in [4.69, 9.17) is 11.6 Å². The molecule has 102 valence electrons. The van der Waals surface area contributed by atoms with E-state index in [9.17, 15) is 14.9 Å². The van der Waals surface area contributed by atoms with Crippen LogP contribution in [0, 0.1) is 17.0 Å². The monoisotopic (exact) mass is 291 g/mol. The number of aryl methyl sites for hydroxylation is 1. The molecule has 0 fully saturated rings. The number of nitrogens with one attached hydrogen (secondary N) is 1. The molecule has 0 spiro atoms. The van der Waals surface area contributed by atoms with E-state index in [2.05, 4.69) is 10.3 Å². The molecule has 0 unspecified atom stereocenters. The lowest BCUT2D eigenvalue weighted by Gasteiger charge is -2.06. The number of pyridine rings is 1. The van der Waals surface area contributed by atoms with Crippen molar-refractivity contribution in [3.8, 4) is 0 Å². The van der Waals surface area contributed by atoms with Gasteiger partial charge in [-0.15, -0.1) is 0 Å². The van der Waals surface area contributed by atoms with Gasteiger partial charge in [-0.1, -0.05) is 11.6 Å². The molecular weight excluding hydrogens is 282 g/mol. The van der Waals surface area contributed by atoms with Gasteiger partial charge in [0.2, 0.25) is 0 Å². The highest BCUT2D eigenvalue weighted by atomic mass is 35.5. The zero-order chi connectivity index (χ0) is 14.7. The quantitative estimate of drug-likeness (QED) is 0.695. The summed E-state index contributed by atoms with van der Waals surface area (Å²) in [6.45, 7) is 1.82. The van der Waals surface area contributed by atoms with E-state index in [0.29, 0.717) is 5.69 Å². The van der Waals surface area contributed by atoms with Crippen LogP contribution in [0.25, 0.3) is 0 Å². The number of hydrogen-bond acceptors (Lipinski definition) is 4. The molecule has 0 aliphatic rings. The van der Waals surface area contributed by atoms with E-state index in [-0.39, 0.29) is 16.3 Å². The Bertz CT molecular complexity index is 671. The average molecular weight is 292 g/mol. The molecule has 0 saturated heterocycles. The fourth-order valence-electron chi connectivity index (χ4n) is 1.54.